The van der Waals surface area contributed by atoms with Crippen LogP contribution in [0.4, 0.5) is 0 Å². The van der Waals surface area contributed by atoms with Gasteiger partial charge in [0.2, 0.25) is 0 Å². The fraction of sp³-hybridized carbons (Fsp3) is 0.190. The van der Waals surface area contributed by atoms with E-state index in [1.165, 1.54) is 87.6 Å². The van der Waals surface area contributed by atoms with E-state index in [4.69, 9.17) is 0 Å². The zero-order valence-corrected chi connectivity index (χ0v) is 25.4. The third-order valence-corrected chi connectivity index (χ3v) is 11.0. The molecule has 0 saturated heterocycles. The summed E-state index contributed by atoms with van der Waals surface area (Å²) in [6.45, 7) is 14.5. The minimum Gasteiger partial charge on any atom is -0.0616 e. The molecule has 8 rings (SSSR count). The second kappa shape index (κ2) is 8.55. The van der Waals surface area contributed by atoms with Gasteiger partial charge in [0.15, 0.2) is 0 Å². The van der Waals surface area contributed by atoms with Crippen LogP contribution in [0.15, 0.2) is 109 Å². The standard InChI is InChI=1S/C42H36/c1-25-26(2)36-22-30(34-20-12-16-28-14-8-10-18-32(28)34)24-38-40(36)39-35(25)21-29(23-37(39)41(3,4)42(38,5)6)33-19-11-15-27-13-7-9-17-31(27)33/h7-24H,1-6H3. The average molecular weight is 541 g/mol. The van der Waals surface area contributed by atoms with Gasteiger partial charge in [-0.2, -0.15) is 0 Å². The monoisotopic (exact) mass is 540 g/mol. The van der Waals surface area contributed by atoms with Crippen LogP contribution in [0.3, 0.4) is 0 Å². The summed E-state index contributed by atoms with van der Waals surface area (Å²) >= 11 is 0. The van der Waals surface area contributed by atoms with Crippen LogP contribution < -0.4 is 0 Å². The molecule has 0 fully saturated rings. The van der Waals surface area contributed by atoms with Crippen molar-refractivity contribution in [1.29, 1.82) is 0 Å². The molecule has 0 heterocycles. The van der Waals surface area contributed by atoms with E-state index in [0.717, 1.165) is 0 Å². The minimum atomic E-state index is -0.0785. The van der Waals surface area contributed by atoms with Gasteiger partial charge in [-0.15, -0.1) is 0 Å². The van der Waals surface area contributed by atoms with Crippen LogP contribution in [0.25, 0.3) is 65.3 Å². The van der Waals surface area contributed by atoms with Gasteiger partial charge in [-0.05, 0) is 137 Å². The smallest absolute Gasteiger partial charge is 0.000523 e. The second-order valence-corrected chi connectivity index (χ2v) is 13.4. The quantitative estimate of drug-likeness (QED) is 0.191. The normalized spacial score (nSPS) is 15.3. The lowest BCUT2D eigenvalue weighted by atomic mass is 9.55. The molecule has 0 N–H and O–H groups in total. The fourth-order valence-corrected chi connectivity index (χ4v) is 7.74. The highest BCUT2D eigenvalue weighted by Crippen LogP contribution is 2.56. The Morgan fingerprint density at radius 2 is 0.786 bits per heavy atom. The molecule has 0 heteroatoms. The zero-order chi connectivity index (χ0) is 29.0. The van der Waals surface area contributed by atoms with Crippen LogP contribution in [-0.4, -0.2) is 0 Å². The number of rotatable bonds is 2. The molecule has 1 aliphatic carbocycles. The molecule has 7 aromatic rings. The predicted molar refractivity (Wildman–Crippen MR) is 183 cm³/mol. The number of fused-ring (bicyclic) bond motifs is 2. The predicted octanol–water partition coefficient (Wildman–Crippen LogP) is 11.8. The molecule has 0 saturated carbocycles. The topological polar surface area (TPSA) is 0 Å². The third-order valence-electron chi connectivity index (χ3n) is 11.0. The molecular formula is C42H36. The number of hydrogen-bond acceptors (Lipinski definition) is 0. The van der Waals surface area contributed by atoms with Crippen molar-refractivity contribution < 1.29 is 0 Å². The lowest BCUT2D eigenvalue weighted by Gasteiger charge is -2.48. The van der Waals surface area contributed by atoms with Gasteiger partial charge >= 0.3 is 0 Å². The third kappa shape index (κ3) is 3.24. The number of hydrogen-bond donors (Lipinski definition) is 0. The molecule has 0 atom stereocenters. The van der Waals surface area contributed by atoms with Gasteiger partial charge in [-0.1, -0.05) is 113 Å². The van der Waals surface area contributed by atoms with E-state index in [0.29, 0.717) is 0 Å². The molecule has 0 unspecified atom stereocenters. The molecule has 0 radical (unpaired) electrons. The van der Waals surface area contributed by atoms with E-state index >= 15 is 0 Å². The summed E-state index contributed by atoms with van der Waals surface area (Å²) in [5.41, 5.74) is 10.8. The Kier molecular flexibility index (Phi) is 5.15. The van der Waals surface area contributed by atoms with Crippen LogP contribution in [-0.2, 0) is 10.8 Å². The van der Waals surface area contributed by atoms with Crippen molar-refractivity contribution >= 4 is 43.1 Å². The van der Waals surface area contributed by atoms with Gasteiger partial charge in [0.1, 0.15) is 0 Å². The van der Waals surface area contributed by atoms with E-state index in [9.17, 15) is 0 Å². The summed E-state index contributed by atoms with van der Waals surface area (Å²) in [7, 11) is 0. The van der Waals surface area contributed by atoms with E-state index in [-0.39, 0.29) is 10.8 Å². The highest BCUT2D eigenvalue weighted by atomic mass is 14.5. The summed E-state index contributed by atoms with van der Waals surface area (Å²) < 4.78 is 0. The molecular weight excluding hydrogens is 504 g/mol. The van der Waals surface area contributed by atoms with Crippen molar-refractivity contribution in [2.75, 3.05) is 0 Å². The Morgan fingerprint density at radius 1 is 0.405 bits per heavy atom. The Morgan fingerprint density at radius 3 is 1.21 bits per heavy atom. The van der Waals surface area contributed by atoms with Gasteiger partial charge in [0, 0.05) is 0 Å². The maximum atomic E-state index is 2.52. The van der Waals surface area contributed by atoms with Crippen LogP contribution in [0.5, 0.6) is 0 Å². The maximum absolute atomic E-state index is 2.52. The van der Waals surface area contributed by atoms with Gasteiger partial charge in [0.05, 0.1) is 0 Å². The van der Waals surface area contributed by atoms with E-state index < -0.39 is 0 Å². The highest BCUT2D eigenvalue weighted by Gasteiger charge is 2.45. The molecule has 0 amide bonds. The second-order valence-electron chi connectivity index (χ2n) is 13.4. The van der Waals surface area contributed by atoms with Crippen LogP contribution in [0.2, 0.25) is 0 Å². The van der Waals surface area contributed by atoms with Gasteiger partial charge in [0.25, 0.3) is 0 Å². The summed E-state index contributed by atoms with van der Waals surface area (Å²) in [5.74, 6) is 0. The summed E-state index contributed by atoms with van der Waals surface area (Å²) in [5, 5.41) is 10.9. The molecule has 0 spiro atoms. The first-order valence-corrected chi connectivity index (χ1v) is 15.2. The Bertz CT molecular complexity index is 2090. The molecule has 7 aromatic carbocycles. The lowest BCUT2D eigenvalue weighted by Crippen LogP contribution is -2.42. The molecule has 204 valence electrons. The van der Waals surface area contributed by atoms with Crippen molar-refractivity contribution in [2.45, 2.75) is 52.4 Å². The lowest BCUT2D eigenvalue weighted by molar-refractivity contribution is 0.304. The van der Waals surface area contributed by atoms with Crippen molar-refractivity contribution in [3.8, 4) is 22.3 Å². The maximum Gasteiger partial charge on any atom is -0.000523 e. The average Bonchev–Trinajstić information content (AvgIpc) is 3.01. The number of aryl methyl sites for hydroxylation is 2. The first kappa shape index (κ1) is 25.3. The van der Waals surface area contributed by atoms with Crippen molar-refractivity contribution in [3.63, 3.8) is 0 Å². The van der Waals surface area contributed by atoms with Crippen LogP contribution >= 0.6 is 0 Å². The summed E-state index contributed by atoms with van der Waals surface area (Å²) in [6, 6.07) is 41.0. The summed E-state index contributed by atoms with van der Waals surface area (Å²) in [4.78, 5) is 0. The minimum absolute atomic E-state index is 0.0785. The first-order valence-electron chi connectivity index (χ1n) is 15.2. The molecule has 42 heavy (non-hydrogen) atoms. The molecule has 0 aromatic heterocycles. The van der Waals surface area contributed by atoms with E-state index in [1.54, 1.807) is 0 Å². The van der Waals surface area contributed by atoms with E-state index in [1.807, 2.05) is 0 Å². The largest absolute Gasteiger partial charge is 0.0616 e. The first-order chi connectivity index (χ1) is 20.2. The molecule has 0 nitrogen and oxygen atoms in total. The van der Waals surface area contributed by atoms with Crippen molar-refractivity contribution in [1.82, 2.24) is 0 Å². The Balaban J connectivity index is 1.52. The SMILES string of the molecule is Cc1c(C)c2cc(-c3cccc4ccccc34)cc3c2c2c(cc(-c4cccc5ccccc45)cc12)C(C)(C)C3(C)C. The Labute approximate surface area is 248 Å². The van der Waals surface area contributed by atoms with Crippen LogP contribution in [0, 0.1) is 13.8 Å². The Hall–Kier alpha value is -4.42. The van der Waals surface area contributed by atoms with Gasteiger partial charge in [-0.25, -0.2) is 0 Å². The molecule has 1 aliphatic rings. The zero-order valence-electron chi connectivity index (χ0n) is 25.4. The fourth-order valence-electron chi connectivity index (χ4n) is 7.74. The van der Waals surface area contributed by atoms with Crippen LogP contribution in [0.1, 0.15) is 49.9 Å². The molecule has 0 bridgehead atoms. The molecule has 0 aliphatic heterocycles. The van der Waals surface area contributed by atoms with Gasteiger partial charge in [-0.3, -0.25) is 0 Å². The van der Waals surface area contributed by atoms with Crippen molar-refractivity contribution in [2.24, 2.45) is 0 Å². The number of benzene rings is 7. The highest BCUT2D eigenvalue weighted by molar-refractivity contribution is 6.18. The van der Waals surface area contributed by atoms with Gasteiger partial charge < -0.3 is 0 Å². The van der Waals surface area contributed by atoms with E-state index in [2.05, 4.69) is 151 Å². The summed E-state index contributed by atoms with van der Waals surface area (Å²) in [6.07, 6.45) is 0. The van der Waals surface area contributed by atoms with Crippen molar-refractivity contribution in [3.05, 3.63) is 131 Å².